The molecule has 0 aliphatic heterocycles. The molecular formula is C22H26F3NO5. The van der Waals surface area contributed by atoms with Gasteiger partial charge in [-0.1, -0.05) is 36.4 Å². The zero-order valence-corrected chi connectivity index (χ0v) is 17.1. The second kappa shape index (κ2) is 13.3. The van der Waals surface area contributed by atoms with E-state index in [1.807, 2.05) is 18.2 Å². The fraction of sp³-hybridized carbons (Fsp3) is 0.364. The van der Waals surface area contributed by atoms with Crippen LogP contribution < -0.4 is 10.1 Å². The highest BCUT2D eigenvalue weighted by Gasteiger charge is 2.38. The van der Waals surface area contributed by atoms with Crippen LogP contribution in [0.1, 0.15) is 23.1 Å². The van der Waals surface area contributed by atoms with Crippen LogP contribution in [0.25, 0.3) is 0 Å². The Bertz CT molecular complexity index is 840. The van der Waals surface area contributed by atoms with Crippen LogP contribution in [0.5, 0.6) is 5.75 Å². The first-order chi connectivity index (χ1) is 14.6. The summed E-state index contributed by atoms with van der Waals surface area (Å²) in [6.45, 7) is 4.04. The molecule has 0 saturated heterocycles. The standard InChI is InChI=1S/C20H25NO3.C2HF3O2/c1-16-5-2-3-7-18(16)11-14-24-19-8-4-6-17(15-19)9-12-21-13-10-20(22)23;3-2(4,5)1(6)7/h2-8,15,21H,9-14H2,1H3,(H,22,23);(H,6,7). The number of carbonyl (C=O) groups is 2. The largest absolute Gasteiger partial charge is 0.493 e. The highest BCUT2D eigenvalue weighted by Crippen LogP contribution is 2.15. The Hall–Kier alpha value is -3.07. The number of nitrogens with one attached hydrogen (secondary N) is 1. The molecule has 0 bridgehead atoms. The quantitative estimate of drug-likeness (QED) is 0.485. The normalized spacial score (nSPS) is 10.7. The first-order valence-corrected chi connectivity index (χ1v) is 9.58. The maximum absolute atomic E-state index is 10.6. The molecule has 170 valence electrons. The van der Waals surface area contributed by atoms with Crippen molar-refractivity contribution in [1.29, 1.82) is 0 Å². The summed E-state index contributed by atoms with van der Waals surface area (Å²) in [5.41, 5.74) is 3.80. The van der Waals surface area contributed by atoms with Crippen molar-refractivity contribution in [3.05, 3.63) is 65.2 Å². The number of hydrogen-bond donors (Lipinski definition) is 3. The van der Waals surface area contributed by atoms with Crippen molar-refractivity contribution in [3.63, 3.8) is 0 Å². The number of carboxylic acid groups (broad SMARTS) is 2. The van der Waals surface area contributed by atoms with Crippen molar-refractivity contribution in [2.45, 2.75) is 32.4 Å². The number of halogens is 3. The number of benzene rings is 2. The van der Waals surface area contributed by atoms with Gasteiger partial charge in [0.25, 0.3) is 0 Å². The smallest absolute Gasteiger partial charge is 0.490 e. The van der Waals surface area contributed by atoms with Crippen molar-refractivity contribution < 1.29 is 37.7 Å². The fourth-order valence-electron chi connectivity index (χ4n) is 2.51. The van der Waals surface area contributed by atoms with Gasteiger partial charge in [0.1, 0.15) is 5.75 Å². The van der Waals surface area contributed by atoms with Gasteiger partial charge in [-0.25, -0.2) is 4.79 Å². The summed E-state index contributed by atoms with van der Waals surface area (Å²) >= 11 is 0. The second-order valence-electron chi connectivity index (χ2n) is 6.62. The first kappa shape index (κ1) is 26.0. The predicted molar refractivity (Wildman–Crippen MR) is 109 cm³/mol. The van der Waals surface area contributed by atoms with Crippen LogP contribution in [0.15, 0.2) is 48.5 Å². The fourth-order valence-corrected chi connectivity index (χ4v) is 2.51. The molecule has 0 saturated carbocycles. The molecule has 0 aliphatic carbocycles. The third kappa shape index (κ3) is 11.6. The van der Waals surface area contributed by atoms with Crippen LogP contribution in [-0.4, -0.2) is 48.0 Å². The van der Waals surface area contributed by atoms with Gasteiger partial charge in [0, 0.05) is 13.0 Å². The van der Waals surface area contributed by atoms with E-state index in [1.54, 1.807) is 0 Å². The van der Waals surface area contributed by atoms with Crippen molar-refractivity contribution in [2.75, 3.05) is 19.7 Å². The maximum atomic E-state index is 10.6. The molecule has 6 nitrogen and oxygen atoms in total. The molecule has 0 amide bonds. The summed E-state index contributed by atoms with van der Waals surface area (Å²) in [7, 11) is 0. The number of rotatable bonds is 10. The average molecular weight is 441 g/mol. The third-order valence-electron chi connectivity index (χ3n) is 4.15. The SMILES string of the molecule is Cc1ccccc1CCOc1cccc(CCNCCC(=O)O)c1.O=C(O)C(F)(F)F. The van der Waals surface area contributed by atoms with Gasteiger partial charge in [0.15, 0.2) is 0 Å². The van der Waals surface area contributed by atoms with E-state index in [9.17, 15) is 18.0 Å². The van der Waals surface area contributed by atoms with Crippen LogP contribution in [0.2, 0.25) is 0 Å². The minimum Gasteiger partial charge on any atom is -0.493 e. The van der Waals surface area contributed by atoms with Gasteiger partial charge in [-0.05, 0) is 48.7 Å². The van der Waals surface area contributed by atoms with E-state index < -0.39 is 18.1 Å². The summed E-state index contributed by atoms with van der Waals surface area (Å²) in [5.74, 6) is -2.65. The Morgan fingerprint density at radius 1 is 1.00 bits per heavy atom. The van der Waals surface area contributed by atoms with Gasteiger partial charge < -0.3 is 20.3 Å². The van der Waals surface area contributed by atoms with E-state index in [1.165, 1.54) is 16.7 Å². The van der Waals surface area contributed by atoms with Crippen LogP contribution >= 0.6 is 0 Å². The summed E-state index contributed by atoms with van der Waals surface area (Å²) in [5, 5.41) is 18.9. The van der Waals surface area contributed by atoms with Gasteiger partial charge in [-0.15, -0.1) is 0 Å². The lowest BCUT2D eigenvalue weighted by Crippen LogP contribution is -2.21. The minimum atomic E-state index is -5.08. The molecule has 0 heterocycles. The third-order valence-corrected chi connectivity index (χ3v) is 4.15. The topological polar surface area (TPSA) is 95.9 Å². The molecule has 2 aromatic rings. The summed E-state index contributed by atoms with van der Waals surface area (Å²) in [4.78, 5) is 19.3. The zero-order valence-electron chi connectivity index (χ0n) is 17.1. The molecule has 2 aromatic carbocycles. The summed E-state index contributed by atoms with van der Waals surface area (Å²) in [6, 6.07) is 16.4. The lowest BCUT2D eigenvalue weighted by Gasteiger charge is -2.10. The maximum Gasteiger partial charge on any atom is 0.490 e. The van der Waals surface area contributed by atoms with E-state index in [0.29, 0.717) is 13.2 Å². The molecule has 31 heavy (non-hydrogen) atoms. The molecule has 0 aromatic heterocycles. The molecule has 9 heteroatoms. The lowest BCUT2D eigenvalue weighted by molar-refractivity contribution is -0.192. The van der Waals surface area contributed by atoms with Crippen LogP contribution in [0.4, 0.5) is 13.2 Å². The van der Waals surface area contributed by atoms with Crippen molar-refractivity contribution in [1.82, 2.24) is 5.32 Å². The Kier molecular flexibility index (Phi) is 11.1. The summed E-state index contributed by atoms with van der Waals surface area (Å²) in [6.07, 6.45) is -3.18. The minimum absolute atomic E-state index is 0.155. The van der Waals surface area contributed by atoms with E-state index in [4.69, 9.17) is 19.7 Å². The van der Waals surface area contributed by atoms with Crippen LogP contribution in [0.3, 0.4) is 0 Å². The second-order valence-corrected chi connectivity index (χ2v) is 6.62. The monoisotopic (exact) mass is 441 g/mol. The highest BCUT2D eigenvalue weighted by molar-refractivity contribution is 5.73. The number of ether oxygens (including phenoxy) is 1. The van der Waals surface area contributed by atoms with Crippen molar-refractivity contribution in [3.8, 4) is 5.75 Å². The Balaban J connectivity index is 0.000000592. The molecule has 0 atom stereocenters. The average Bonchev–Trinajstić information content (AvgIpc) is 2.69. The van der Waals surface area contributed by atoms with E-state index in [2.05, 4.69) is 42.6 Å². The van der Waals surface area contributed by atoms with Crippen LogP contribution in [-0.2, 0) is 22.4 Å². The molecule has 0 fully saturated rings. The number of aliphatic carboxylic acids is 2. The number of carboxylic acids is 2. The molecule has 0 unspecified atom stereocenters. The van der Waals surface area contributed by atoms with E-state index in [0.717, 1.165) is 25.1 Å². The first-order valence-electron chi connectivity index (χ1n) is 9.58. The summed E-state index contributed by atoms with van der Waals surface area (Å²) < 4.78 is 37.6. The lowest BCUT2D eigenvalue weighted by atomic mass is 10.1. The highest BCUT2D eigenvalue weighted by atomic mass is 19.4. The Morgan fingerprint density at radius 2 is 1.68 bits per heavy atom. The molecule has 3 N–H and O–H groups in total. The van der Waals surface area contributed by atoms with Gasteiger partial charge >= 0.3 is 18.1 Å². The van der Waals surface area contributed by atoms with E-state index >= 15 is 0 Å². The predicted octanol–water partition coefficient (Wildman–Crippen LogP) is 3.86. The van der Waals surface area contributed by atoms with Crippen LogP contribution in [0, 0.1) is 6.92 Å². The van der Waals surface area contributed by atoms with Gasteiger partial charge in [0.05, 0.1) is 13.0 Å². The number of aryl methyl sites for hydroxylation is 1. The molecule has 0 spiro atoms. The van der Waals surface area contributed by atoms with E-state index in [-0.39, 0.29) is 6.42 Å². The van der Waals surface area contributed by atoms with Crippen molar-refractivity contribution in [2.24, 2.45) is 0 Å². The van der Waals surface area contributed by atoms with Gasteiger partial charge in [-0.2, -0.15) is 13.2 Å². The van der Waals surface area contributed by atoms with Crippen molar-refractivity contribution >= 4 is 11.9 Å². The molecule has 0 radical (unpaired) electrons. The molecular weight excluding hydrogens is 415 g/mol. The molecule has 2 rings (SSSR count). The molecule has 0 aliphatic rings. The van der Waals surface area contributed by atoms with Gasteiger partial charge in [-0.3, -0.25) is 4.79 Å². The zero-order chi connectivity index (χ0) is 23.3. The van der Waals surface area contributed by atoms with Gasteiger partial charge in [0.2, 0.25) is 0 Å². The number of hydrogen-bond acceptors (Lipinski definition) is 4. The Morgan fingerprint density at radius 3 is 2.29 bits per heavy atom. The number of alkyl halides is 3. The Labute approximate surface area is 178 Å².